The largest absolute Gasteiger partial charge is 0.465 e. The molecule has 0 aromatic carbocycles. The van der Waals surface area contributed by atoms with E-state index in [2.05, 4.69) is 21.0 Å². The number of fused-ring (bicyclic) bond motifs is 1. The van der Waals surface area contributed by atoms with E-state index in [-0.39, 0.29) is 29.7 Å². The first-order valence-corrected chi connectivity index (χ1v) is 10.9. The fourth-order valence-corrected chi connectivity index (χ4v) is 4.02. The molecule has 33 heavy (non-hydrogen) atoms. The molecular weight excluding hydrogens is 422 g/mol. The van der Waals surface area contributed by atoms with Gasteiger partial charge in [-0.2, -0.15) is 0 Å². The number of carbonyl (C=O) groups excluding carboxylic acids is 1. The molecule has 9 nitrogen and oxygen atoms in total. The van der Waals surface area contributed by atoms with E-state index < -0.39 is 0 Å². The van der Waals surface area contributed by atoms with Crippen molar-refractivity contribution in [1.82, 2.24) is 19.5 Å². The Bertz CT molecular complexity index is 1260. The maximum absolute atomic E-state index is 13.2. The Morgan fingerprint density at radius 1 is 1.27 bits per heavy atom. The fraction of sp³-hybridized carbons (Fsp3) is 0.292. The average molecular weight is 445 g/mol. The number of hydrogen-bond acceptors (Lipinski definition) is 8. The van der Waals surface area contributed by atoms with E-state index in [0.29, 0.717) is 29.6 Å². The van der Waals surface area contributed by atoms with Crippen LogP contribution in [0.2, 0.25) is 0 Å². The third kappa shape index (κ3) is 4.21. The lowest BCUT2D eigenvalue weighted by atomic mass is 10.0. The molecule has 0 N–H and O–H groups in total. The van der Waals surface area contributed by atoms with Crippen LogP contribution in [0.1, 0.15) is 26.2 Å². The maximum atomic E-state index is 13.2. The zero-order valence-electron chi connectivity index (χ0n) is 18.2. The topological polar surface area (TPSA) is 99.4 Å². The van der Waals surface area contributed by atoms with Gasteiger partial charge in [0.25, 0.3) is 5.56 Å². The van der Waals surface area contributed by atoms with Crippen molar-refractivity contribution in [3.63, 3.8) is 0 Å². The lowest BCUT2D eigenvalue weighted by Crippen LogP contribution is -2.46. The Hall–Kier alpha value is -4.01. The molecule has 0 radical (unpaired) electrons. The van der Waals surface area contributed by atoms with E-state index in [0.717, 1.165) is 24.8 Å². The predicted molar refractivity (Wildman–Crippen MR) is 121 cm³/mol. The maximum Gasteiger partial charge on any atom is 0.255 e. The second kappa shape index (κ2) is 8.85. The molecule has 3 aliphatic rings. The molecule has 0 fully saturated rings. The lowest BCUT2D eigenvalue weighted by molar-refractivity contribution is -0.117. The lowest BCUT2D eigenvalue weighted by Gasteiger charge is -2.36. The monoisotopic (exact) mass is 445 g/mol. The number of nitrogens with zero attached hydrogens (tertiary/aromatic N) is 5. The van der Waals surface area contributed by atoms with Crippen molar-refractivity contribution in [3.8, 4) is 11.4 Å². The van der Waals surface area contributed by atoms with Crippen molar-refractivity contribution >= 4 is 11.7 Å². The van der Waals surface area contributed by atoms with Gasteiger partial charge in [0.2, 0.25) is 17.5 Å². The van der Waals surface area contributed by atoms with Crippen LogP contribution in [0.5, 0.6) is 0 Å². The van der Waals surface area contributed by atoms with Gasteiger partial charge in [0.05, 0.1) is 17.9 Å². The summed E-state index contributed by atoms with van der Waals surface area (Å²) in [6.45, 7) is 2.55. The number of Topliss-reactive ketones (excluding diaryl/α,β-unsaturated/α-hetero) is 1. The molecule has 0 spiro atoms. The van der Waals surface area contributed by atoms with Crippen molar-refractivity contribution in [2.45, 2.75) is 38.8 Å². The predicted octanol–water partition coefficient (Wildman–Crippen LogP) is 2.87. The highest BCUT2D eigenvalue weighted by atomic mass is 16.5. The first-order valence-electron chi connectivity index (χ1n) is 10.9. The van der Waals surface area contributed by atoms with Crippen LogP contribution in [0.25, 0.3) is 11.4 Å². The van der Waals surface area contributed by atoms with Crippen molar-refractivity contribution in [2.24, 2.45) is 0 Å². The molecule has 1 atom stereocenters. The Morgan fingerprint density at radius 2 is 2.18 bits per heavy atom. The number of rotatable bonds is 5. The van der Waals surface area contributed by atoms with Crippen molar-refractivity contribution in [1.29, 1.82) is 0 Å². The molecule has 0 saturated carbocycles. The van der Waals surface area contributed by atoms with Crippen LogP contribution in [0.3, 0.4) is 0 Å². The van der Waals surface area contributed by atoms with Crippen LogP contribution in [0.15, 0.2) is 77.3 Å². The molecule has 168 valence electrons. The molecule has 9 heteroatoms. The number of ketones is 1. The molecular formula is C24H23N5O4. The van der Waals surface area contributed by atoms with Gasteiger partial charge in [0.15, 0.2) is 5.76 Å². The van der Waals surface area contributed by atoms with Gasteiger partial charge >= 0.3 is 0 Å². The highest BCUT2D eigenvalue weighted by molar-refractivity contribution is 5.97. The van der Waals surface area contributed by atoms with Crippen LogP contribution in [-0.2, 0) is 20.8 Å². The molecule has 0 saturated heterocycles. The summed E-state index contributed by atoms with van der Waals surface area (Å²) in [7, 11) is 0. The summed E-state index contributed by atoms with van der Waals surface area (Å²) >= 11 is 0. The Labute approximate surface area is 190 Å². The van der Waals surface area contributed by atoms with Gasteiger partial charge in [0.1, 0.15) is 18.9 Å². The van der Waals surface area contributed by atoms with Gasteiger partial charge in [-0.3, -0.25) is 14.2 Å². The smallest absolute Gasteiger partial charge is 0.255 e. The zero-order valence-corrected chi connectivity index (χ0v) is 18.2. The minimum Gasteiger partial charge on any atom is -0.465 e. The third-order valence-electron chi connectivity index (χ3n) is 5.88. The standard InChI is InChI=1S/C24H23N5O4/c1-16-8-10-28-23(31)11-19(18-7-9-25-15-26-18)27-24(28)29(16)12-20(30)22-14-32-13-21(33-22)17-5-3-2-4-6-17/h2-3,5,7,9,11,13-16H,4,6,8,10,12H2,1H3. The summed E-state index contributed by atoms with van der Waals surface area (Å²) in [4.78, 5) is 40.6. The first kappa shape index (κ1) is 20.9. The molecule has 0 amide bonds. The SMILES string of the molecule is CC1CCn2c(nc(-c3ccncn3)cc2=O)N1CC(=O)C1=COC=C(C2=CC=CCC2)O1. The number of aromatic nitrogens is 4. The molecule has 1 unspecified atom stereocenters. The van der Waals surface area contributed by atoms with Crippen LogP contribution < -0.4 is 10.5 Å². The Balaban J connectivity index is 1.40. The van der Waals surface area contributed by atoms with Crippen molar-refractivity contribution in [2.75, 3.05) is 11.4 Å². The highest BCUT2D eigenvalue weighted by Gasteiger charge is 2.30. The highest BCUT2D eigenvalue weighted by Crippen LogP contribution is 2.28. The molecule has 2 aliphatic heterocycles. The molecule has 5 rings (SSSR count). The summed E-state index contributed by atoms with van der Waals surface area (Å²) in [6.07, 6.45) is 14.3. The second-order valence-corrected chi connectivity index (χ2v) is 8.08. The van der Waals surface area contributed by atoms with Crippen LogP contribution in [0, 0.1) is 0 Å². The van der Waals surface area contributed by atoms with Crippen LogP contribution in [-0.4, -0.2) is 37.9 Å². The Morgan fingerprint density at radius 3 is 2.97 bits per heavy atom. The summed E-state index contributed by atoms with van der Waals surface area (Å²) < 4.78 is 12.9. The van der Waals surface area contributed by atoms with Crippen LogP contribution >= 0.6 is 0 Å². The van der Waals surface area contributed by atoms with E-state index in [1.807, 2.05) is 24.0 Å². The summed E-state index contributed by atoms with van der Waals surface area (Å²) in [5, 5.41) is 0. The van der Waals surface area contributed by atoms with Gasteiger partial charge < -0.3 is 14.4 Å². The summed E-state index contributed by atoms with van der Waals surface area (Å²) in [5.41, 5.74) is 1.79. The van der Waals surface area contributed by atoms with E-state index in [1.54, 1.807) is 16.8 Å². The molecule has 0 bridgehead atoms. The average Bonchev–Trinajstić information content (AvgIpc) is 2.86. The number of anilines is 1. The molecule has 2 aromatic heterocycles. The minimum atomic E-state index is -0.255. The van der Waals surface area contributed by atoms with E-state index in [9.17, 15) is 9.59 Å². The fourth-order valence-electron chi connectivity index (χ4n) is 4.02. The zero-order chi connectivity index (χ0) is 22.8. The van der Waals surface area contributed by atoms with Crippen LogP contribution in [0.4, 0.5) is 5.95 Å². The quantitative estimate of drug-likeness (QED) is 0.693. The summed E-state index contributed by atoms with van der Waals surface area (Å²) in [6, 6.07) is 3.17. The molecule has 2 aromatic rings. The number of hydrogen-bond donors (Lipinski definition) is 0. The van der Waals surface area contributed by atoms with E-state index in [4.69, 9.17) is 9.47 Å². The Kier molecular flexibility index (Phi) is 5.60. The number of ether oxygens (including phenoxy) is 2. The van der Waals surface area contributed by atoms with Gasteiger partial charge in [-0.05, 0) is 37.8 Å². The number of allylic oxidation sites excluding steroid dienone is 4. The van der Waals surface area contributed by atoms with E-state index >= 15 is 0 Å². The summed E-state index contributed by atoms with van der Waals surface area (Å²) in [5.74, 6) is 0.852. The minimum absolute atomic E-state index is 0.00224. The number of carbonyl (C=O) groups is 1. The third-order valence-corrected chi connectivity index (χ3v) is 5.88. The molecule has 1 aliphatic carbocycles. The van der Waals surface area contributed by atoms with Crippen molar-refractivity contribution in [3.05, 3.63) is 82.9 Å². The van der Waals surface area contributed by atoms with Gasteiger partial charge in [0, 0.05) is 24.8 Å². The van der Waals surface area contributed by atoms with Gasteiger partial charge in [-0.1, -0.05) is 18.2 Å². The first-order chi connectivity index (χ1) is 16.1. The molecule has 4 heterocycles. The second-order valence-electron chi connectivity index (χ2n) is 8.08. The van der Waals surface area contributed by atoms with Gasteiger partial charge in [-0.15, -0.1) is 0 Å². The normalized spacial score (nSPS) is 19.5. The van der Waals surface area contributed by atoms with Crippen molar-refractivity contribution < 1.29 is 14.3 Å². The van der Waals surface area contributed by atoms with Gasteiger partial charge in [-0.25, -0.2) is 15.0 Å². The van der Waals surface area contributed by atoms with E-state index in [1.165, 1.54) is 24.9 Å².